The Morgan fingerprint density at radius 1 is 0.628 bits per heavy atom. The number of nitrogens with zero attached hydrogens (tertiary/aromatic N) is 6. The van der Waals surface area contributed by atoms with Crippen LogP contribution in [0.25, 0.3) is 11.6 Å². The third-order valence-electron chi connectivity index (χ3n) is 15.6. The molecule has 8 rings (SSSR count). The van der Waals surface area contributed by atoms with Crippen molar-refractivity contribution in [2.24, 2.45) is 0 Å². The van der Waals surface area contributed by atoms with Gasteiger partial charge in [0.15, 0.2) is 6.29 Å². The van der Waals surface area contributed by atoms with Crippen LogP contribution >= 0.6 is 0 Å². The van der Waals surface area contributed by atoms with Gasteiger partial charge in [0, 0.05) is 92.9 Å². The number of aryl methyl sites for hydroxylation is 3. The first-order valence-electron chi connectivity index (χ1n) is 28.4. The van der Waals surface area contributed by atoms with E-state index in [-0.39, 0.29) is 29.4 Å². The van der Waals surface area contributed by atoms with Gasteiger partial charge in [-0.05, 0) is 160 Å². The van der Waals surface area contributed by atoms with Crippen LogP contribution in [0.4, 0.5) is 10.1 Å². The van der Waals surface area contributed by atoms with E-state index in [0.29, 0.717) is 63.6 Å². The van der Waals surface area contributed by atoms with Crippen LogP contribution in [0, 0.1) is 26.6 Å². The molecule has 17 nitrogen and oxygen atoms in total. The molecule has 4 aliphatic heterocycles. The minimum Gasteiger partial charge on any atom is -0.455 e. The number of ether oxygens (including phenoxy) is 1. The first-order chi connectivity index (χ1) is 37.2. The lowest BCUT2D eigenvalue weighted by molar-refractivity contribution is -0.110. The predicted octanol–water partition coefficient (Wildman–Crippen LogP) is 8.56. The summed E-state index contributed by atoms with van der Waals surface area (Å²) < 4.78 is 19.2. The summed E-state index contributed by atoms with van der Waals surface area (Å²) in [6.45, 7) is 36.9. The number of halogens is 1. The van der Waals surface area contributed by atoms with Crippen molar-refractivity contribution < 1.29 is 37.9 Å². The second kappa shape index (κ2) is 27.5. The van der Waals surface area contributed by atoms with Crippen molar-refractivity contribution in [3.8, 4) is 0 Å². The average Bonchev–Trinajstić information content (AvgIpc) is 4.01. The van der Waals surface area contributed by atoms with Crippen LogP contribution in [0.2, 0.25) is 0 Å². The summed E-state index contributed by atoms with van der Waals surface area (Å²) in [4.78, 5) is 97.6. The van der Waals surface area contributed by atoms with Gasteiger partial charge >= 0.3 is 5.97 Å². The molecule has 0 fully saturated rings. The Kier molecular flexibility index (Phi) is 21.4. The molecule has 0 spiro atoms. The molecule has 3 aromatic heterocycles. The highest BCUT2D eigenvalue weighted by Crippen LogP contribution is 2.35. The van der Waals surface area contributed by atoms with E-state index in [9.17, 15) is 33.2 Å². The monoisotopic (exact) mass is 1080 g/mol. The highest BCUT2D eigenvalue weighted by atomic mass is 19.1. The molecule has 4 aromatic rings. The van der Waals surface area contributed by atoms with Crippen molar-refractivity contribution in [1.29, 1.82) is 0 Å². The highest BCUT2D eigenvalue weighted by molar-refractivity contribution is 6.35. The van der Waals surface area contributed by atoms with Crippen molar-refractivity contribution in [2.45, 2.75) is 127 Å². The van der Waals surface area contributed by atoms with Gasteiger partial charge in [-0.1, -0.05) is 41.5 Å². The number of carbonyl (C=O) groups excluding carboxylic acids is 6. The summed E-state index contributed by atoms with van der Waals surface area (Å²) in [5, 5.41) is 2.77. The van der Waals surface area contributed by atoms with Gasteiger partial charge in [0.25, 0.3) is 23.6 Å². The molecule has 0 bridgehead atoms. The fraction of sp³-hybridized carbons (Fsp3) is 0.567. The van der Waals surface area contributed by atoms with Gasteiger partial charge in [-0.3, -0.25) is 24.0 Å². The molecule has 4 N–H and O–H groups in total. The molecule has 0 saturated carbocycles. The molecule has 0 unspecified atom stereocenters. The molecule has 0 saturated heterocycles. The Labute approximate surface area is 461 Å². The van der Waals surface area contributed by atoms with Crippen LogP contribution in [0.1, 0.15) is 179 Å². The number of benzene rings is 1. The Morgan fingerprint density at radius 2 is 1.04 bits per heavy atom. The fourth-order valence-corrected chi connectivity index (χ4v) is 10.9. The lowest BCUT2D eigenvalue weighted by atomic mass is 10.0. The third-order valence-corrected chi connectivity index (χ3v) is 15.6. The third kappa shape index (κ3) is 14.5. The number of rotatable bonds is 18. The standard InChI is InChI=1S/C24H29FN4O2.C20H33N3O3.C16H25N3O2/c1-4-28(5-2)11-12-29-10-6-7-20-22(24(29)31)15(3)21(26-20)14-18-17-13-16(25)8-9-19(17)27-23(18)30;1-7-22(8-2)12-13-23-11-9-10-15-16(18(23)24)14(3)17(21-15)19(25)26-20(4,5)6;1-4-18(5-2)9-10-19-8-6-7-13-15(16(19)21)12(3)14(11-20)17-13/h8-9,13-14,26H,4-7,10-12H2,1-3H3,(H,27,30);21H,7-13H2,1-6H3;11,17H,4-10H2,1-3H3/b18-14-;;. The maximum atomic E-state index is 13.8. The maximum absolute atomic E-state index is 13.8. The number of hydrogen-bond acceptors (Lipinski definition) is 10. The highest BCUT2D eigenvalue weighted by Gasteiger charge is 2.33. The first-order valence-corrected chi connectivity index (χ1v) is 28.4. The first kappa shape index (κ1) is 60.9. The Hall–Kier alpha value is -6.37. The van der Waals surface area contributed by atoms with E-state index >= 15 is 0 Å². The number of anilines is 1. The number of aromatic nitrogens is 3. The zero-order chi connectivity index (χ0) is 57.0. The van der Waals surface area contributed by atoms with Crippen molar-refractivity contribution in [3.63, 3.8) is 0 Å². The average molecular weight is 1080 g/mol. The molecule has 426 valence electrons. The molecule has 7 heterocycles. The topological polar surface area (TPSA) is 190 Å². The largest absolute Gasteiger partial charge is 0.455 e. The van der Waals surface area contributed by atoms with Crippen LogP contribution in [0.5, 0.6) is 0 Å². The number of aldehydes is 1. The lowest BCUT2D eigenvalue weighted by Gasteiger charge is -2.25. The molecule has 4 aliphatic rings. The second-order valence-corrected chi connectivity index (χ2v) is 21.6. The molecule has 4 amide bonds. The summed E-state index contributed by atoms with van der Waals surface area (Å²) in [5.74, 6) is -0.924. The number of hydrogen-bond donors (Lipinski definition) is 4. The van der Waals surface area contributed by atoms with Crippen LogP contribution in [-0.2, 0) is 28.8 Å². The van der Waals surface area contributed by atoms with Gasteiger partial charge in [0.1, 0.15) is 17.1 Å². The summed E-state index contributed by atoms with van der Waals surface area (Å²) in [6.07, 6.45) is 7.64. The van der Waals surface area contributed by atoms with Crippen molar-refractivity contribution >= 4 is 53.2 Å². The van der Waals surface area contributed by atoms with Gasteiger partial charge in [-0.15, -0.1) is 0 Å². The Bertz CT molecular complexity index is 2810. The van der Waals surface area contributed by atoms with E-state index in [4.69, 9.17) is 4.74 Å². The Morgan fingerprint density at radius 3 is 1.46 bits per heavy atom. The van der Waals surface area contributed by atoms with E-state index in [2.05, 4.69) is 76.5 Å². The number of carbonyl (C=O) groups is 6. The molecule has 0 aliphatic carbocycles. The minimum absolute atomic E-state index is 0.0215. The molecule has 0 radical (unpaired) electrons. The number of aromatic amines is 3. The van der Waals surface area contributed by atoms with Crippen molar-refractivity contribution in [2.75, 3.05) is 103 Å². The van der Waals surface area contributed by atoms with Crippen molar-refractivity contribution in [3.05, 3.63) is 97.1 Å². The van der Waals surface area contributed by atoms with Gasteiger partial charge < -0.3 is 54.4 Å². The smallest absolute Gasteiger partial charge is 0.355 e. The zero-order valence-corrected chi connectivity index (χ0v) is 48.7. The summed E-state index contributed by atoms with van der Waals surface area (Å²) in [6, 6.07) is 4.26. The second-order valence-electron chi connectivity index (χ2n) is 21.6. The quantitative estimate of drug-likeness (QED) is 0.0427. The van der Waals surface area contributed by atoms with E-state index in [1.807, 2.05) is 56.2 Å². The normalized spacial score (nSPS) is 16.0. The van der Waals surface area contributed by atoms with E-state index < -0.39 is 11.6 Å². The lowest BCUT2D eigenvalue weighted by Crippen LogP contribution is -2.38. The maximum Gasteiger partial charge on any atom is 0.355 e. The van der Waals surface area contributed by atoms with Gasteiger partial charge in [-0.2, -0.15) is 0 Å². The molecule has 0 atom stereocenters. The van der Waals surface area contributed by atoms with E-state index in [1.54, 1.807) is 12.1 Å². The zero-order valence-electron chi connectivity index (χ0n) is 48.7. The van der Waals surface area contributed by atoms with Crippen molar-refractivity contribution in [1.82, 2.24) is 44.4 Å². The van der Waals surface area contributed by atoms with Gasteiger partial charge in [0.05, 0.1) is 28.0 Å². The molecule has 18 heteroatoms. The molecule has 78 heavy (non-hydrogen) atoms. The number of fused-ring (bicyclic) bond motifs is 4. The van der Waals surface area contributed by atoms with Gasteiger partial charge in [0.2, 0.25) is 0 Å². The van der Waals surface area contributed by atoms with Crippen LogP contribution in [0.15, 0.2) is 18.2 Å². The number of esters is 1. The SMILES string of the molecule is CCN(CC)CCN1CCCc2[nH]c(/C=C3\C(=O)Nc4ccc(F)cc43)c(C)c2C1=O.CCN(CC)CCN1CCCc2[nH]c(C(=O)OC(C)(C)C)c(C)c2C1=O.CCN(CC)CCN1CCCc2[nH]c(C=O)c(C)c2C1=O. The molecule has 1 aromatic carbocycles. The summed E-state index contributed by atoms with van der Waals surface area (Å²) in [5.41, 5.74) is 9.76. The van der Waals surface area contributed by atoms with E-state index in [0.717, 1.165) is 164 Å². The minimum atomic E-state index is -0.564. The Balaban J connectivity index is 0.000000193. The number of H-pyrrole nitrogens is 3. The van der Waals surface area contributed by atoms with Gasteiger partial charge in [-0.25, -0.2) is 9.18 Å². The number of amides is 4. The number of nitrogens with one attached hydrogen (secondary N) is 4. The fourth-order valence-electron chi connectivity index (χ4n) is 10.9. The van der Waals surface area contributed by atoms with E-state index in [1.165, 1.54) is 12.1 Å². The summed E-state index contributed by atoms with van der Waals surface area (Å²) in [7, 11) is 0. The molecular formula is C60H87FN10O7. The van der Waals surface area contributed by atoms with Crippen LogP contribution < -0.4 is 5.32 Å². The van der Waals surface area contributed by atoms with Crippen LogP contribution in [-0.4, -0.2) is 184 Å². The number of likely N-dealkylation sites (N-methyl/N-ethyl adjacent to an activating group) is 3. The molecular weight excluding hydrogens is 992 g/mol. The summed E-state index contributed by atoms with van der Waals surface area (Å²) >= 11 is 0. The van der Waals surface area contributed by atoms with Crippen LogP contribution in [0.3, 0.4) is 0 Å². The predicted molar refractivity (Wildman–Crippen MR) is 306 cm³/mol.